The molecular formula is C26H30N6O3S. The van der Waals surface area contributed by atoms with E-state index in [1.807, 2.05) is 36.4 Å². The van der Waals surface area contributed by atoms with E-state index in [4.69, 9.17) is 4.74 Å². The van der Waals surface area contributed by atoms with Crippen molar-refractivity contribution in [2.45, 2.75) is 4.90 Å². The van der Waals surface area contributed by atoms with Crippen LogP contribution in [0.15, 0.2) is 71.6 Å². The molecule has 1 N–H and O–H groups in total. The molecule has 36 heavy (non-hydrogen) atoms. The van der Waals surface area contributed by atoms with Crippen molar-refractivity contribution in [3.8, 4) is 11.3 Å². The number of pyridine rings is 1. The molecule has 1 fully saturated rings. The fraction of sp³-hybridized carbons (Fsp3) is 0.308. The van der Waals surface area contributed by atoms with Crippen LogP contribution in [-0.4, -0.2) is 80.6 Å². The molecule has 1 saturated heterocycles. The minimum atomic E-state index is -3.31. The highest BCUT2D eigenvalue weighted by molar-refractivity contribution is 7.90. The molecule has 3 heterocycles. The molecule has 4 aromatic rings. The highest BCUT2D eigenvalue weighted by Gasteiger charge is 2.17. The molecule has 0 unspecified atom stereocenters. The van der Waals surface area contributed by atoms with Crippen LogP contribution in [0.5, 0.6) is 0 Å². The lowest BCUT2D eigenvalue weighted by molar-refractivity contribution is 0.144. The van der Waals surface area contributed by atoms with Crippen LogP contribution < -0.4 is 10.2 Å². The number of benzene rings is 2. The van der Waals surface area contributed by atoms with Gasteiger partial charge in [0.15, 0.2) is 15.5 Å². The van der Waals surface area contributed by atoms with Gasteiger partial charge in [-0.1, -0.05) is 18.2 Å². The summed E-state index contributed by atoms with van der Waals surface area (Å²) in [4.78, 5) is 9.70. The zero-order valence-electron chi connectivity index (χ0n) is 20.5. The largest absolute Gasteiger partial charge is 0.383 e. The monoisotopic (exact) mass is 506 g/mol. The van der Waals surface area contributed by atoms with Crippen LogP contribution in [0.2, 0.25) is 0 Å². The standard InChI is InChI=1S/C26H30N6O3S/c1-35-18-17-30-13-15-31(16-14-30)22-11-9-21(10-12-22)27-26-28-25-8-4-7-24(32(25)29-26)20-5-3-6-23(19-20)36(2,33)34/h3-12,19H,13-18H2,1-2H3,(H,27,29). The van der Waals surface area contributed by atoms with Crippen molar-refractivity contribution in [2.24, 2.45) is 0 Å². The molecule has 2 aromatic carbocycles. The second-order valence-corrected chi connectivity index (χ2v) is 10.9. The summed E-state index contributed by atoms with van der Waals surface area (Å²) < 4.78 is 30.9. The van der Waals surface area contributed by atoms with Gasteiger partial charge >= 0.3 is 0 Å². The van der Waals surface area contributed by atoms with E-state index >= 15 is 0 Å². The molecule has 10 heteroatoms. The predicted molar refractivity (Wildman–Crippen MR) is 142 cm³/mol. The lowest BCUT2D eigenvalue weighted by Crippen LogP contribution is -2.47. The van der Waals surface area contributed by atoms with Crippen molar-refractivity contribution in [1.82, 2.24) is 19.5 Å². The van der Waals surface area contributed by atoms with Gasteiger partial charge in [0.2, 0.25) is 5.95 Å². The normalized spacial score (nSPS) is 14.9. The lowest BCUT2D eigenvalue weighted by atomic mass is 10.1. The molecule has 188 valence electrons. The molecule has 5 rings (SSSR count). The number of nitrogens with zero attached hydrogens (tertiary/aromatic N) is 5. The third kappa shape index (κ3) is 5.35. The molecule has 0 amide bonds. The Balaban J connectivity index is 1.31. The summed E-state index contributed by atoms with van der Waals surface area (Å²) in [6, 6.07) is 20.8. The van der Waals surface area contributed by atoms with E-state index < -0.39 is 9.84 Å². The number of piperazine rings is 1. The van der Waals surface area contributed by atoms with Crippen LogP contribution in [-0.2, 0) is 14.6 Å². The van der Waals surface area contributed by atoms with Crippen LogP contribution in [0.3, 0.4) is 0 Å². The first-order valence-electron chi connectivity index (χ1n) is 11.9. The quantitative estimate of drug-likeness (QED) is 0.389. The maximum absolute atomic E-state index is 12.0. The minimum absolute atomic E-state index is 0.270. The maximum Gasteiger partial charge on any atom is 0.247 e. The van der Waals surface area contributed by atoms with E-state index in [0.717, 1.165) is 56.3 Å². The average Bonchev–Trinajstić information content (AvgIpc) is 3.30. The van der Waals surface area contributed by atoms with E-state index in [1.165, 1.54) is 11.9 Å². The Labute approximate surface area is 211 Å². The first-order valence-corrected chi connectivity index (χ1v) is 13.8. The van der Waals surface area contributed by atoms with Crippen molar-refractivity contribution in [3.05, 3.63) is 66.7 Å². The molecule has 0 bridgehead atoms. The summed E-state index contributed by atoms with van der Waals surface area (Å²) in [6.45, 7) is 5.80. The molecule has 2 aromatic heterocycles. The van der Waals surface area contributed by atoms with Crippen molar-refractivity contribution < 1.29 is 13.2 Å². The molecule has 0 radical (unpaired) electrons. The Bertz CT molecular complexity index is 1440. The maximum atomic E-state index is 12.0. The molecular weight excluding hydrogens is 476 g/mol. The lowest BCUT2D eigenvalue weighted by Gasteiger charge is -2.36. The first-order chi connectivity index (χ1) is 17.4. The highest BCUT2D eigenvalue weighted by atomic mass is 32.2. The predicted octanol–water partition coefficient (Wildman–Crippen LogP) is 3.31. The summed E-state index contributed by atoms with van der Waals surface area (Å²) >= 11 is 0. The van der Waals surface area contributed by atoms with Gasteiger partial charge in [0.1, 0.15) is 0 Å². The zero-order chi connectivity index (χ0) is 25.1. The molecule has 0 aliphatic carbocycles. The van der Waals surface area contributed by atoms with Gasteiger partial charge in [0.25, 0.3) is 0 Å². The molecule has 0 saturated carbocycles. The van der Waals surface area contributed by atoms with E-state index in [2.05, 4.69) is 37.3 Å². The minimum Gasteiger partial charge on any atom is -0.383 e. The van der Waals surface area contributed by atoms with Crippen molar-refractivity contribution in [1.29, 1.82) is 0 Å². The van der Waals surface area contributed by atoms with E-state index in [0.29, 0.717) is 11.6 Å². The Morgan fingerprint density at radius 1 is 0.972 bits per heavy atom. The van der Waals surface area contributed by atoms with Gasteiger partial charge < -0.3 is 15.0 Å². The Morgan fingerprint density at radius 2 is 1.72 bits per heavy atom. The number of rotatable bonds is 8. The summed E-state index contributed by atoms with van der Waals surface area (Å²) in [5.74, 6) is 0.473. The van der Waals surface area contributed by atoms with Crippen LogP contribution in [0.4, 0.5) is 17.3 Å². The molecule has 0 spiro atoms. The third-order valence-electron chi connectivity index (χ3n) is 6.39. The Kier molecular flexibility index (Phi) is 6.90. The number of anilines is 3. The number of fused-ring (bicyclic) bond motifs is 1. The second-order valence-electron chi connectivity index (χ2n) is 8.91. The van der Waals surface area contributed by atoms with Crippen LogP contribution >= 0.6 is 0 Å². The highest BCUT2D eigenvalue weighted by Crippen LogP contribution is 2.25. The van der Waals surface area contributed by atoms with E-state index in [9.17, 15) is 8.42 Å². The molecule has 1 aliphatic rings. The van der Waals surface area contributed by atoms with Crippen molar-refractivity contribution in [3.63, 3.8) is 0 Å². The Morgan fingerprint density at radius 3 is 2.44 bits per heavy atom. The fourth-order valence-electron chi connectivity index (χ4n) is 4.40. The number of hydrogen-bond acceptors (Lipinski definition) is 8. The summed E-state index contributed by atoms with van der Waals surface area (Å²) in [5, 5.41) is 7.93. The van der Waals surface area contributed by atoms with Crippen LogP contribution in [0.25, 0.3) is 16.9 Å². The number of sulfone groups is 1. The van der Waals surface area contributed by atoms with Gasteiger partial charge in [-0.15, -0.1) is 5.10 Å². The zero-order valence-corrected chi connectivity index (χ0v) is 21.3. The topological polar surface area (TPSA) is 92.1 Å². The van der Waals surface area contributed by atoms with E-state index in [1.54, 1.807) is 29.8 Å². The Hall–Kier alpha value is -3.47. The third-order valence-corrected chi connectivity index (χ3v) is 7.50. The summed E-state index contributed by atoms with van der Waals surface area (Å²) in [5.41, 5.74) is 4.28. The molecule has 9 nitrogen and oxygen atoms in total. The average molecular weight is 507 g/mol. The van der Waals surface area contributed by atoms with Gasteiger partial charge in [-0.3, -0.25) is 4.90 Å². The van der Waals surface area contributed by atoms with E-state index in [-0.39, 0.29) is 4.90 Å². The van der Waals surface area contributed by atoms with Crippen molar-refractivity contribution >= 4 is 32.8 Å². The number of ether oxygens (including phenoxy) is 1. The SMILES string of the molecule is COCCN1CCN(c2ccc(Nc3nc4cccc(-c5cccc(S(C)(=O)=O)c5)n4n3)cc2)CC1. The molecule has 1 aliphatic heterocycles. The van der Waals surface area contributed by atoms with Crippen LogP contribution in [0.1, 0.15) is 0 Å². The second kappa shape index (κ2) is 10.3. The van der Waals surface area contributed by atoms with Crippen LogP contribution in [0, 0.1) is 0 Å². The number of aromatic nitrogens is 3. The molecule has 0 atom stereocenters. The first kappa shape index (κ1) is 24.2. The number of hydrogen-bond donors (Lipinski definition) is 1. The number of methoxy groups -OCH3 is 1. The van der Waals surface area contributed by atoms with Gasteiger partial charge in [0.05, 0.1) is 17.2 Å². The summed E-state index contributed by atoms with van der Waals surface area (Å²) in [7, 11) is -1.57. The van der Waals surface area contributed by atoms with Gasteiger partial charge in [-0.25, -0.2) is 12.9 Å². The smallest absolute Gasteiger partial charge is 0.247 e. The van der Waals surface area contributed by atoms with Gasteiger partial charge in [0, 0.05) is 63.0 Å². The van der Waals surface area contributed by atoms with Gasteiger partial charge in [-0.05, 0) is 48.5 Å². The fourth-order valence-corrected chi connectivity index (χ4v) is 5.06. The van der Waals surface area contributed by atoms with Crippen molar-refractivity contribution in [2.75, 3.05) is 62.9 Å². The summed E-state index contributed by atoms with van der Waals surface area (Å²) in [6.07, 6.45) is 1.21. The van der Waals surface area contributed by atoms with Gasteiger partial charge in [-0.2, -0.15) is 4.98 Å². The number of nitrogens with one attached hydrogen (secondary N) is 1.